The summed E-state index contributed by atoms with van der Waals surface area (Å²) in [5.74, 6) is 0.560. The van der Waals surface area contributed by atoms with E-state index < -0.39 is 8.32 Å². The number of benzene rings is 1. The molecule has 0 unspecified atom stereocenters. The van der Waals surface area contributed by atoms with Crippen LogP contribution in [0.4, 0.5) is 5.69 Å². The lowest BCUT2D eigenvalue weighted by atomic mass is 9.85. The highest BCUT2D eigenvalue weighted by atomic mass is 28.4. The summed E-state index contributed by atoms with van der Waals surface area (Å²) >= 11 is 0. The highest BCUT2D eigenvalue weighted by molar-refractivity contribution is 6.71. The molecule has 1 aromatic rings. The monoisotopic (exact) mass is 308 g/mol. The average Bonchev–Trinajstić information content (AvgIpc) is 2.34. The highest BCUT2D eigenvalue weighted by Crippen LogP contribution is 2.39. The van der Waals surface area contributed by atoms with Gasteiger partial charge in [-0.3, -0.25) is 10.1 Å². The third kappa shape index (κ3) is 4.84. The fourth-order valence-electron chi connectivity index (χ4n) is 2.36. The average molecular weight is 308 g/mol. The van der Waals surface area contributed by atoms with Crippen molar-refractivity contribution in [2.75, 3.05) is 0 Å². The van der Waals surface area contributed by atoms with Gasteiger partial charge in [-0.15, -0.1) is 0 Å². The van der Waals surface area contributed by atoms with Crippen molar-refractivity contribution in [3.63, 3.8) is 0 Å². The van der Waals surface area contributed by atoms with E-state index in [9.17, 15) is 10.1 Å². The Morgan fingerprint density at radius 2 is 2.00 bits per heavy atom. The summed E-state index contributed by atoms with van der Waals surface area (Å²) < 4.78 is 6.23. The van der Waals surface area contributed by atoms with Gasteiger partial charge in [-0.1, -0.05) is 40.5 Å². The fraction of sp³-hybridized carbons (Fsp3) is 0.625. The molecule has 1 rings (SSSR count). The first kappa shape index (κ1) is 17.7. The molecule has 0 aliphatic rings. The van der Waals surface area contributed by atoms with E-state index >= 15 is 0 Å². The maximum atomic E-state index is 11.3. The van der Waals surface area contributed by atoms with Crippen LogP contribution in [0, 0.1) is 16.2 Å². The van der Waals surface area contributed by atoms with Crippen molar-refractivity contribution in [2.45, 2.75) is 65.1 Å². The summed E-state index contributed by atoms with van der Waals surface area (Å²) in [4.78, 5) is 11.0. The minimum absolute atomic E-state index is 0.122. The zero-order valence-corrected chi connectivity index (χ0v) is 14.9. The molecule has 1 radical (unpaired) electrons. The molecule has 1 aromatic carbocycles. The zero-order chi connectivity index (χ0) is 16.3. The van der Waals surface area contributed by atoms with Crippen molar-refractivity contribution in [2.24, 2.45) is 0 Å². The normalized spacial score (nSPS) is 12.3. The standard InChI is InChI=1S/C16H26NO3Si/c1-7-8-12-21(5,6)20-14-11-9-10-13(17(18)19)15(14)16(2,3)4/h9-10H,7-8,12H2,1-6H3. The predicted octanol–water partition coefficient (Wildman–Crippen LogP) is 5.08. The van der Waals surface area contributed by atoms with Crippen LogP contribution in [-0.2, 0) is 5.41 Å². The number of nitrogens with zero attached hydrogens (tertiary/aromatic N) is 1. The zero-order valence-electron chi connectivity index (χ0n) is 13.9. The summed E-state index contributed by atoms with van der Waals surface area (Å²) in [5, 5.41) is 11.3. The molecule has 0 bridgehead atoms. The first-order valence-electron chi connectivity index (χ1n) is 7.47. The lowest BCUT2D eigenvalue weighted by Gasteiger charge is -2.29. The van der Waals surface area contributed by atoms with Crippen LogP contribution in [0.2, 0.25) is 19.1 Å². The molecule has 0 aliphatic carbocycles. The quantitative estimate of drug-likeness (QED) is 0.418. The van der Waals surface area contributed by atoms with Crippen LogP contribution in [0.1, 0.15) is 46.1 Å². The van der Waals surface area contributed by atoms with Crippen LogP contribution in [0.3, 0.4) is 0 Å². The van der Waals surface area contributed by atoms with E-state index in [1.165, 1.54) is 6.07 Å². The Labute approximate surface area is 128 Å². The summed E-state index contributed by atoms with van der Waals surface area (Å²) in [6.07, 6.45) is 2.25. The predicted molar refractivity (Wildman–Crippen MR) is 88.5 cm³/mol. The van der Waals surface area contributed by atoms with E-state index in [0.717, 1.165) is 18.9 Å². The van der Waals surface area contributed by atoms with Gasteiger partial charge in [-0.2, -0.15) is 0 Å². The molecule has 0 fully saturated rings. The summed E-state index contributed by atoms with van der Waals surface area (Å²) in [7, 11) is -1.89. The van der Waals surface area contributed by atoms with Crippen LogP contribution < -0.4 is 4.43 Å². The van der Waals surface area contributed by atoms with Gasteiger partial charge in [-0.25, -0.2) is 0 Å². The molecule has 0 aromatic heterocycles. The van der Waals surface area contributed by atoms with E-state index in [0.29, 0.717) is 11.3 Å². The molecule has 0 saturated heterocycles. The molecular formula is C16H26NO3Si. The van der Waals surface area contributed by atoms with Crippen molar-refractivity contribution < 1.29 is 9.35 Å². The van der Waals surface area contributed by atoms with E-state index in [1.54, 1.807) is 6.07 Å². The van der Waals surface area contributed by atoms with Crippen molar-refractivity contribution in [1.82, 2.24) is 0 Å². The van der Waals surface area contributed by atoms with Gasteiger partial charge in [0.05, 0.1) is 10.5 Å². The molecule has 117 valence electrons. The maximum Gasteiger partial charge on any atom is 0.276 e. The second-order valence-electron chi connectivity index (χ2n) is 7.04. The minimum atomic E-state index is -1.89. The van der Waals surface area contributed by atoms with Crippen LogP contribution in [0.25, 0.3) is 0 Å². The van der Waals surface area contributed by atoms with Crippen LogP contribution in [0.15, 0.2) is 12.1 Å². The lowest BCUT2D eigenvalue weighted by molar-refractivity contribution is -0.386. The third-order valence-electron chi connectivity index (χ3n) is 3.40. The molecule has 5 heteroatoms. The molecule has 4 nitrogen and oxygen atoms in total. The maximum absolute atomic E-state index is 11.3. The molecule has 0 amide bonds. The number of hydrogen-bond donors (Lipinski definition) is 0. The highest BCUT2D eigenvalue weighted by Gasteiger charge is 2.32. The van der Waals surface area contributed by atoms with Crippen LogP contribution in [0.5, 0.6) is 5.75 Å². The summed E-state index contributed by atoms with van der Waals surface area (Å²) in [5.41, 5.74) is 0.411. The van der Waals surface area contributed by atoms with Crippen LogP contribution in [-0.4, -0.2) is 13.2 Å². The number of hydrogen-bond acceptors (Lipinski definition) is 3. The number of nitro groups is 1. The summed E-state index contributed by atoms with van der Waals surface area (Å²) in [6.45, 7) is 12.4. The van der Waals surface area contributed by atoms with E-state index in [1.807, 2.05) is 20.8 Å². The molecule has 0 N–H and O–H groups in total. The van der Waals surface area contributed by atoms with Crippen molar-refractivity contribution in [3.8, 4) is 5.75 Å². The lowest BCUT2D eigenvalue weighted by Crippen LogP contribution is -2.35. The van der Waals surface area contributed by atoms with E-state index in [-0.39, 0.29) is 16.0 Å². The second kappa shape index (κ2) is 6.60. The van der Waals surface area contributed by atoms with Gasteiger partial charge in [0.25, 0.3) is 5.69 Å². The number of unbranched alkanes of at least 4 members (excludes halogenated alkanes) is 1. The topological polar surface area (TPSA) is 52.4 Å². The Morgan fingerprint density at radius 1 is 1.38 bits per heavy atom. The minimum Gasteiger partial charge on any atom is -0.543 e. The first-order valence-corrected chi connectivity index (χ1v) is 10.6. The second-order valence-corrected chi connectivity index (χ2v) is 11.3. The SMILES string of the molecule is CCCC[Si](C)(C)Oc1[c]ccc([N+](=O)[O-])c1C(C)(C)C. The van der Waals surface area contributed by atoms with Gasteiger partial charge in [0.2, 0.25) is 8.32 Å². The molecule has 0 spiro atoms. The van der Waals surface area contributed by atoms with Crippen molar-refractivity contribution in [1.29, 1.82) is 0 Å². The largest absolute Gasteiger partial charge is 0.543 e. The van der Waals surface area contributed by atoms with E-state index in [4.69, 9.17) is 4.43 Å². The number of nitro benzene ring substituents is 1. The van der Waals surface area contributed by atoms with Gasteiger partial charge >= 0.3 is 0 Å². The van der Waals surface area contributed by atoms with E-state index in [2.05, 4.69) is 26.1 Å². The Bertz CT molecular complexity index is 507. The first-order chi connectivity index (χ1) is 9.58. The number of rotatable bonds is 6. The van der Waals surface area contributed by atoms with Crippen molar-refractivity contribution in [3.05, 3.63) is 33.9 Å². The molecule has 0 atom stereocenters. The summed E-state index contributed by atoms with van der Waals surface area (Å²) in [6, 6.07) is 7.22. The van der Waals surface area contributed by atoms with Gasteiger partial charge < -0.3 is 4.43 Å². The van der Waals surface area contributed by atoms with Gasteiger partial charge in [0, 0.05) is 12.1 Å². The van der Waals surface area contributed by atoms with Crippen LogP contribution >= 0.6 is 0 Å². The Hall–Kier alpha value is -1.36. The molecular weight excluding hydrogens is 282 g/mol. The van der Waals surface area contributed by atoms with Gasteiger partial charge in [0.1, 0.15) is 5.75 Å². The fourth-order valence-corrected chi connectivity index (χ4v) is 4.38. The molecule has 0 aliphatic heterocycles. The molecule has 0 saturated carbocycles. The Kier molecular flexibility index (Phi) is 5.56. The molecule has 0 heterocycles. The smallest absolute Gasteiger partial charge is 0.276 e. The third-order valence-corrected chi connectivity index (χ3v) is 5.71. The Morgan fingerprint density at radius 3 is 2.48 bits per heavy atom. The molecule has 21 heavy (non-hydrogen) atoms. The van der Waals surface area contributed by atoms with Gasteiger partial charge in [-0.05, 0) is 30.6 Å². The Balaban J connectivity index is 3.24. The van der Waals surface area contributed by atoms with Gasteiger partial charge in [0.15, 0.2) is 0 Å². The van der Waals surface area contributed by atoms with Crippen molar-refractivity contribution >= 4 is 14.0 Å².